The molecule has 0 aliphatic carbocycles. The molecule has 16 heavy (non-hydrogen) atoms. The van der Waals surface area contributed by atoms with Crippen LogP contribution in [0, 0.1) is 5.82 Å². The zero-order chi connectivity index (χ0) is 12.5. The number of carboxylic acid groups (broad SMARTS) is 1. The van der Waals surface area contributed by atoms with Crippen molar-refractivity contribution < 1.29 is 27.8 Å². The molecule has 1 aromatic carbocycles. The smallest absolute Gasteiger partial charge is 0.337 e. The van der Waals surface area contributed by atoms with Crippen molar-refractivity contribution in [2.75, 3.05) is 6.26 Å². The van der Waals surface area contributed by atoms with Crippen molar-refractivity contribution in [2.45, 2.75) is 11.0 Å². The molecular formula is C9H9FO5S. The van der Waals surface area contributed by atoms with Crippen LogP contribution >= 0.6 is 0 Å². The van der Waals surface area contributed by atoms with Crippen LogP contribution in [0.25, 0.3) is 0 Å². The van der Waals surface area contributed by atoms with Gasteiger partial charge in [-0.3, -0.25) is 0 Å². The third-order valence-corrected chi connectivity index (χ3v) is 3.04. The molecule has 5 nitrogen and oxygen atoms in total. The van der Waals surface area contributed by atoms with E-state index < -0.39 is 32.6 Å². The minimum Gasteiger partial charge on any atom is -0.479 e. The second-order valence-electron chi connectivity index (χ2n) is 3.20. The normalized spacial score (nSPS) is 13.4. The molecule has 1 unspecified atom stereocenters. The lowest BCUT2D eigenvalue weighted by Gasteiger charge is -2.07. The molecule has 7 heteroatoms. The number of sulfone groups is 1. The first kappa shape index (κ1) is 12.6. The molecule has 0 saturated carbocycles. The first-order chi connectivity index (χ1) is 7.23. The second-order valence-corrected chi connectivity index (χ2v) is 5.19. The van der Waals surface area contributed by atoms with Gasteiger partial charge >= 0.3 is 5.97 Å². The summed E-state index contributed by atoms with van der Waals surface area (Å²) in [5, 5.41) is 17.6. The minimum absolute atomic E-state index is 0.211. The highest BCUT2D eigenvalue weighted by atomic mass is 32.2. The Morgan fingerprint density at radius 2 is 2.00 bits per heavy atom. The Labute approximate surface area is 91.1 Å². The van der Waals surface area contributed by atoms with Crippen molar-refractivity contribution in [3.05, 3.63) is 29.6 Å². The number of benzene rings is 1. The van der Waals surface area contributed by atoms with Crippen molar-refractivity contribution in [1.82, 2.24) is 0 Å². The maximum Gasteiger partial charge on any atom is 0.337 e. The van der Waals surface area contributed by atoms with Crippen molar-refractivity contribution in [1.29, 1.82) is 0 Å². The summed E-state index contributed by atoms with van der Waals surface area (Å²) in [4.78, 5) is 9.87. The van der Waals surface area contributed by atoms with Crippen molar-refractivity contribution in [3.63, 3.8) is 0 Å². The summed E-state index contributed by atoms with van der Waals surface area (Å²) in [6.07, 6.45) is -1.04. The fourth-order valence-corrected chi connectivity index (χ4v) is 1.86. The average Bonchev–Trinajstić information content (AvgIpc) is 2.14. The van der Waals surface area contributed by atoms with Crippen LogP contribution in [0.2, 0.25) is 0 Å². The summed E-state index contributed by atoms with van der Waals surface area (Å²) < 4.78 is 35.4. The Morgan fingerprint density at radius 3 is 2.38 bits per heavy atom. The van der Waals surface area contributed by atoms with Crippen LogP contribution in [0.4, 0.5) is 4.39 Å². The highest BCUT2D eigenvalue weighted by molar-refractivity contribution is 7.90. The van der Waals surface area contributed by atoms with E-state index >= 15 is 0 Å². The van der Waals surface area contributed by atoms with E-state index in [0.29, 0.717) is 6.07 Å². The van der Waals surface area contributed by atoms with E-state index in [4.69, 9.17) is 10.2 Å². The Morgan fingerprint density at radius 1 is 1.44 bits per heavy atom. The van der Waals surface area contributed by atoms with E-state index in [2.05, 4.69) is 0 Å². The van der Waals surface area contributed by atoms with Gasteiger partial charge in [-0.2, -0.15) is 0 Å². The molecule has 0 bridgehead atoms. The van der Waals surface area contributed by atoms with E-state index in [1.54, 1.807) is 0 Å². The van der Waals surface area contributed by atoms with Gasteiger partial charge in [0.2, 0.25) is 0 Å². The molecule has 0 fully saturated rings. The van der Waals surface area contributed by atoms with Crippen LogP contribution in [0.1, 0.15) is 11.7 Å². The van der Waals surface area contributed by atoms with Crippen LogP contribution in [0.3, 0.4) is 0 Å². The molecule has 0 aliphatic rings. The van der Waals surface area contributed by atoms with Crippen LogP contribution in [0.15, 0.2) is 23.1 Å². The third kappa shape index (κ3) is 2.56. The average molecular weight is 248 g/mol. The predicted octanol–water partition coefficient (Wildman–Crippen LogP) is 0.347. The fourth-order valence-electron chi connectivity index (χ4n) is 1.13. The molecular weight excluding hydrogens is 239 g/mol. The zero-order valence-corrected chi connectivity index (χ0v) is 9.03. The summed E-state index contributed by atoms with van der Waals surface area (Å²) >= 11 is 0. The zero-order valence-electron chi connectivity index (χ0n) is 8.21. The summed E-state index contributed by atoms with van der Waals surface area (Å²) in [6, 6.07) is 2.67. The van der Waals surface area contributed by atoms with Gasteiger partial charge in [0.05, 0.1) is 0 Å². The van der Waals surface area contributed by atoms with Gasteiger partial charge in [0.25, 0.3) is 0 Å². The van der Waals surface area contributed by atoms with Gasteiger partial charge in [-0.25, -0.2) is 17.6 Å². The monoisotopic (exact) mass is 248 g/mol. The topological polar surface area (TPSA) is 91.7 Å². The molecule has 1 aromatic rings. The highest BCUT2D eigenvalue weighted by Crippen LogP contribution is 2.20. The van der Waals surface area contributed by atoms with Crippen LogP contribution in [0.5, 0.6) is 0 Å². The van der Waals surface area contributed by atoms with Crippen LogP contribution in [-0.4, -0.2) is 30.9 Å². The highest BCUT2D eigenvalue weighted by Gasteiger charge is 2.20. The maximum absolute atomic E-state index is 13.3. The fraction of sp³-hybridized carbons (Fsp3) is 0.222. The summed E-state index contributed by atoms with van der Waals surface area (Å²) in [5.41, 5.74) is -0.211. The molecule has 0 aliphatic heterocycles. The number of rotatable bonds is 3. The van der Waals surface area contributed by atoms with Gasteiger partial charge < -0.3 is 10.2 Å². The molecule has 0 amide bonds. The first-order valence-electron chi connectivity index (χ1n) is 4.14. The van der Waals surface area contributed by atoms with Gasteiger partial charge in [-0.15, -0.1) is 0 Å². The van der Waals surface area contributed by atoms with Gasteiger partial charge in [0.1, 0.15) is 10.7 Å². The molecule has 1 rings (SSSR count). The Kier molecular flexibility index (Phi) is 3.30. The van der Waals surface area contributed by atoms with E-state index in [1.807, 2.05) is 0 Å². The molecule has 0 aromatic heterocycles. The van der Waals surface area contributed by atoms with Crippen molar-refractivity contribution >= 4 is 15.8 Å². The minimum atomic E-state index is -3.70. The predicted molar refractivity (Wildman–Crippen MR) is 52.1 cm³/mol. The molecule has 0 spiro atoms. The lowest BCUT2D eigenvalue weighted by molar-refractivity contribution is -0.146. The molecule has 88 valence electrons. The number of aliphatic hydroxyl groups is 1. The van der Waals surface area contributed by atoms with E-state index in [9.17, 15) is 17.6 Å². The number of hydrogen-bond acceptors (Lipinski definition) is 4. The van der Waals surface area contributed by atoms with Crippen molar-refractivity contribution in [3.8, 4) is 0 Å². The van der Waals surface area contributed by atoms with Crippen molar-refractivity contribution in [2.24, 2.45) is 0 Å². The lowest BCUT2D eigenvalue weighted by Crippen LogP contribution is -2.11. The van der Waals surface area contributed by atoms with Gasteiger partial charge in [0.15, 0.2) is 15.9 Å². The molecule has 0 saturated heterocycles. The molecule has 1 atom stereocenters. The standard InChI is InChI=1S/C9H9FO5S/c1-16(14,15)7-3-2-5(4-6(7)10)8(11)9(12)13/h2-4,8,11H,1H3,(H,12,13). The quantitative estimate of drug-likeness (QED) is 0.805. The number of hydrogen-bond donors (Lipinski definition) is 2. The number of halogens is 1. The largest absolute Gasteiger partial charge is 0.479 e. The Bertz CT molecular complexity index is 523. The summed E-state index contributed by atoms with van der Waals surface area (Å²) in [6.45, 7) is 0. The van der Waals surface area contributed by atoms with Gasteiger partial charge in [-0.1, -0.05) is 6.07 Å². The summed E-state index contributed by atoms with van der Waals surface area (Å²) in [5.74, 6) is -2.62. The molecule has 2 N–H and O–H groups in total. The third-order valence-electron chi connectivity index (χ3n) is 1.91. The van der Waals surface area contributed by atoms with Crippen LogP contribution < -0.4 is 0 Å². The SMILES string of the molecule is CS(=O)(=O)c1ccc(C(O)C(=O)O)cc1F. The maximum atomic E-state index is 13.3. The molecule has 0 heterocycles. The van der Waals surface area contributed by atoms with Gasteiger partial charge in [0, 0.05) is 6.26 Å². The van der Waals surface area contributed by atoms with E-state index in [1.165, 1.54) is 0 Å². The second kappa shape index (κ2) is 4.18. The Balaban J connectivity index is 3.25. The lowest BCUT2D eigenvalue weighted by atomic mass is 10.1. The number of carboxylic acids is 1. The number of aliphatic carboxylic acids is 1. The van der Waals surface area contributed by atoms with Crippen LogP contribution in [-0.2, 0) is 14.6 Å². The van der Waals surface area contributed by atoms with E-state index in [-0.39, 0.29) is 5.56 Å². The summed E-state index contributed by atoms with van der Waals surface area (Å²) in [7, 11) is -3.70. The van der Waals surface area contributed by atoms with Gasteiger partial charge in [-0.05, 0) is 17.7 Å². The van der Waals surface area contributed by atoms with E-state index in [0.717, 1.165) is 18.4 Å². The number of aliphatic hydroxyl groups excluding tert-OH is 1. The number of carbonyl (C=O) groups is 1. The molecule has 0 radical (unpaired) electrons. The Hall–Kier alpha value is -1.47. The first-order valence-corrected chi connectivity index (χ1v) is 6.03.